The molecule has 1 aromatic carbocycles. The number of para-hydroxylation sites is 2. The molecule has 0 N–H and O–H groups in total. The molecule has 0 aliphatic carbocycles. The molecule has 25 heavy (non-hydrogen) atoms. The first kappa shape index (κ1) is 17.5. The number of carbonyl (C=O) groups is 2. The summed E-state index contributed by atoms with van der Waals surface area (Å²) in [6.45, 7) is 5.76. The molecule has 1 amide bonds. The number of ketones is 1. The molecular formula is C19H22N2O3S. The van der Waals surface area contributed by atoms with E-state index in [-0.39, 0.29) is 17.8 Å². The first-order valence-corrected chi connectivity index (χ1v) is 9.18. The minimum absolute atomic E-state index is 0.0162. The van der Waals surface area contributed by atoms with E-state index in [2.05, 4.69) is 17.9 Å². The van der Waals surface area contributed by atoms with Crippen molar-refractivity contribution in [3.05, 3.63) is 46.2 Å². The lowest BCUT2D eigenvalue weighted by Gasteiger charge is -2.37. The molecule has 5 nitrogen and oxygen atoms in total. The molecule has 2 heterocycles. The molecule has 0 unspecified atom stereocenters. The Hall–Kier alpha value is -2.34. The zero-order valence-corrected chi connectivity index (χ0v) is 15.5. The van der Waals surface area contributed by atoms with Crippen molar-refractivity contribution >= 4 is 28.7 Å². The molecule has 0 saturated heterocycles. The van der Waals surface area contributed by atoms with E-state index in [1.165, 1.54) is 18.3 Å². The van der Waals surface area contributed by atoms with Gasteiger partial charge in [-0.25, -0.2) is 0 Å². The Bertz CT molecular complexity index is 786. The van der Waals surface area contributed by atoms with Gasteiger partial charge in [-0.05, 0) is 38.1 Å². The summed E-state index contributed by atoms with van der Waals surface area (Å²) >= 11 is 1.24. The third-order valence-electron chi connectivity index (χ3n) is 4.29. The van der Waals surface area contributed by atoms with E-state index in [4.69, 9.17) is 4.74 Å². The smallest absolute Gasteiger partial charge is 0.263 e. The van der Waals surface area contributed by atoms with Crippen molar-refractivity contribution in [2.24, 2.45) is 0 Å². The van der Waals surface area contributed by atoms with Crippen LogP contribution < -0.4 is 9.64 Å². The number of Topliss-reactive ketones (excluding diaryl/α,β-unsaturated/α-hetero) is 1. The van der Waals surface area contributed by atoms with Gasteiger partial charge in [0.15, 0.2) is 5.78 Å². The Labute approximate surface area is 151 Å². The number of ether oxygens (including phenoxy) is 1. The second kappa shape index (κ2) is 7.27. The number of anilines is 1. The molecule has 1 aliphatic heterocycles. The van der Waals surface area contributed by atoms with E-state index in [0.717, 1.165) is 24.5 Å². The largest absolute Gasteiger partial charge is 0.485 e. The van der Waals surface area contributed by atoms with Crippen LogP contribution in [0.4, 0.5) is 5.69 Å². The van der Waals surface area contributed by atoms with Crippen LogP contribution in [0.15, 0.2) is 36.4 Å². The summed E-state index contributed by atoms with van der Waals surface area (Å²) in [5.74, 6) is 0.761. The fourth-order valence-electron chi connectivity index (χ4n) is 2.99. The number of carbonyl (C=O) groups excluding carboxylic acids is 2. The monoisotopic (exact) mass is 358 g/mol. The minimum Gasteiger partial charge on any atom is -0.485 e. The number of rotatable bonds is 5. The molecule has 3 rings (SSSR count). The first-order chi connectivity index (χ1) is 12.0. The van der Waals surface area contributed by atoms with Gasteiger partial charge in [0.25, 0.3) is 5.91 Å². The summed E-state index contributed by atoms with van der Waals surface area (Å²) in [5.41, 5.74) is 1.10. The van der Waals surface area contributed by atoms with Gasteiger partial charge in [0.2, 0.25) is 0 Å². The van der Waals surface area contributed by atoms with Crippen LogP contribution in [0.3, 0.4) is 0 Å². The van der Waals surface area contributed by atoms with E-state index in [1.54, 1.807) is 24.1 Å². The predicted molar refractivity (Wildman–Crippen MR) is 100 cm³/mol. The molecule has 0 saturated carbocycles. The second-order valence-corrected chi connectivity index (χ2v) is 7.24. The predicted octanol–water partition coefficient (Wildman–Crippen LogP) is 3.31. The second-order valence-electron chi connectivity index (χ2n) is 6.15. The van der Waals surface area contributed by atoms with Crippen LogP contribution in [-0.2, 0) is 0 Å². The summed E-state index contributed by atoms with van der Waals surface area (Å²) in [7, 11) is 1.77. The molecule has 0 fully saturated rings. The summed E-state index contributed by atoms with van der Waals surface area (Å²) < 4.78 is 6.08. The molecule has 6 heteroatoms. The highest BCUT2D eigenvalue weighted by Gasteiger charge is 2.27. The third kappa shape index (κ3) is 3.69. The lowest BCUT2D eigenvalue weighted by molar-refractivity contribution is 0.0714. The van der Waals surface area contributed by atoms with Crippen molar-refractivity contribution in [3.8, 4) is 5.75 Å². The quantitative estimate of drug-likeness (QED) is 0.770. The van der Waals surface area contributed by atoms with Gasteiger partial charge >= 0.3 is 0 Å². The summed E-state index contributed by atoms with van der Waals surface area (Å²) in [6.07, 6.45) is -0.0870. The number of hydrogen-bond acceptors (Lipinski definition) is 5. The Morgan fingerprint density at radius 3 is 2.64 bits per heavy atom. The molecule has 1 aromatic heterocycles. The molecule has 2 aromatic rings. The van der Waals surface area contributed by atoms with E-state index in [9.17, 15) is 9.59 Å². The Kier molecular flexibility index (Phi) is 5.08. The van der Waals surface area contributed by atoms with Gasteiger partial charge in [0, 0.05) is 13.6 Å². The van der Waals surface area contributed by atoms with Crippen molar-refractivity contribution in [1.29, 1.82) is 0 Å². The maximum Gasteiger partial charge on any atom is 0.263 e. The molecule has 0 radical (unpaired) electrons. The number of nitrogens with zero attached hydrogens (tertiary/aromatic N) is 2. The van der Waals surface area contributed by atoms with E-state index >= 15 is 0 Å². The average Bonchev–Trinajstić information content (AvgIpc) is 3.10. The highest BCUT2D eigenvalue weighted by Crippen LogP contribution is 2.33. The lowest BCUT2D eigenvalue weighted by atomic mass is 10.2. The summed E-state index contributed by atoms with van der Waals surface area (Å²) in [5, 5.41) is 0. The SMILES string of the molecule is CCN1C[C@H](CN(C)C(=O)c2ccc(C(C)=O)s2)Oc2ccccc21. The number of thiophene rings is 1. The van der Waals surface area contributed by atoms with Gasteiger partial charge in [0.1, 0.15) is 11.9 Å². The van der Waals surface area contributed by atoms with Gasteiger partial charge < -0.3 is 14.5 Å². The molecular weight excluding hydrogens is 336 g/mol. The molecule has 0 spiro atoms. The van der Waals surface area contributed by atoms with Gasteiger partial charge in [0.05, 0.1) is 28.5 Å². The van der Waals surface area contributed by atoms with Crippen molar-refractivity contribution in [2.75, 3.05) is 31.6 Å². The van der Waals surface area contributed by atoms with Crippen molar-refractivity contribution in [3.63, 3.8) is 0 Å². The zero-order valence-electron chi connectivity index (χ0n) is 14.7. The molecule has 1 aliphatic rings. The van der Waals surface area contributed by atoms with Crippen molar-refractivity contribution < 1.29 is 14.3 Å². The number of hydrogen-bond donors (Lipinski definition) is 0. The van der Waals surface area contributed by atoms with Crippen LogP contribution in [0.2, 0.25) is 0 Å². The lowest BCUT2D eigenvalue weighted by Crippen LogP contribution is -2.46. The van der Waals surface area contributed by atoms with Gasteiger partial charge in [-0.15, -0.1) is 11.3 Å². The fourth-order valence-corrected chi connectivity index (χ4v) is 3.89. The van der Waals surface area contributed by atoms with Crippen LogP contribution in [0.25, 0.3) is 0 Å². The van der Waals surface area contributed by atoms with Gasteiger partial charge in [-0.2, -0.15) is 0 Å². The standard InChI is InChI=1S/C19H22N2O3S/c1-4-21-12-14(24-16-8-6-5-7-15(16)21)11-20(3)19(23)18-10-9-17(25-18)13(2)22/h5-10,14H,4,11-12H2,1-3H3/t14-/m0/s1. The third-order valence-corrected chi connectivity index (χ3v) is 5.47. The number of likely N-dealkylation sites (N-methyl/N-ethyl adjacent to an activating group) is 2. The molecule has 132 valence electrons. The van der Waals surface area contributed by atoms with Gasteiger partial charge in [-0.1, -0.05) is 12.1 Å². The normalized spacial score (nSPS) is 16.1. The van der Waals surface area contributed by atoms with Crippen LogP contribution in [0.5, 0.6) is 5.75 Å². The first-order valence-electron chi connectivity index (χ1n) is 8.36. The summed E-state index contributed by atoms with van der Waals surface area (Å²) in [4.78, 5) is 29.1. The zero-order chi connectivity index (χ0) is 18.0. The van der Waals surface area contributed by atoms with Crippen LogP contribution >= 0.6 is 11.3 Å². The molecule has 1 atom stereocenters. The maximum absolute atomic E-state index is 12.6. The minimum atomic E-state index is -0.0870. The number of amides is 1. The highest BCUT2D eigenvalue weighted by atomic mass is 32.1. The van der Waals surface area contributed by atoms with Crippen LogP contribution in [0.1, 0.15) is 33.2 Å². The number of benzene rings is 1. The number of fused-ring (bicyclic) bond motifs is 1. The van der Waals surface area contributed by atoms with Crippen LogP contribution in [0, 0.1) is 0 Å². The Morgan fingerprint density at radius 1 is 1.24 bits per heavy atom. The highest BCUT2D eigenvalue weighted by molar-refractivity contribution is 7.15. The van der Waals surface area contributed by atoms with Crippen molar-refractivity contribution in [2.45, 2.75) is 20.0 Å². The van der Waals surface area contributed by atoms with E-state index in [0.29, 0.717) is 16.3 Å². The molecule has 0 bridgehead atoms. The van der Waals surface area contributed by atoms with E-state index < -0.39 is 0 Å². The fraction of sp³-hybridized carbons (Fsp3) is 0.368. The topological polar surface area (TPSA) is 49.9 Å². The summed E-state index contributed by atoms with van der Waals surface area (Å²) in [6, 6.07) is 11.4. The van der Waals surface area contributed by atoms with Crippen molar-refractivity contribution in [1.82, 2.24) is 4.90 Å². The van der Waals surface area contributed by atoms with E-state index in [1.807, 2.05) is 18.2 Å². The van der Waals surface area contributed by atoms with Gasteiger partial charge in [-0.3, -0.25) is 9.59 Å². The average molecular weight is 358 g/mol. The Balaban J connectivity index is 1.69. The van der Waals surface area contributed by atoms with Crippen LogP contribution in [-0.4, -0.2) is 49.4 Å². The maximum atomic E-state index is 12.6. The Morgan fingerprint density at radius 2 is 1.96 bits per heavy atom.